The average Bonchev–Trinajstić information content (AvgIpc) is 2.85. The Morgan fingerprint density at radius 1 is 1.09 bits per heavy atom. The number of hydrogen-bond donors (Lipinski definition) is 0. The molecule has 0 saturated carbocycles. The molecule has 3 heterocycles. The van der Waals surface area contributed by atoms with Gasteiger partial charge in [-0.25, -0.2) is 9.78 Å². The quantitative estimate of drug-likeness (QED) is 0.324. The van der Waals surface area contributed by atoms with Crippen LogP contribution in [0.5, 0.6) is 5.75 Å². The number of amides is 1. The lowest BCUT2D eigenvalue weighted by atomic mass is 10.2. The van der Waals surface area contributed by atoms with E-state index in [0.29, 0.717) is 35.6 Å². The summed E-state index contributed by atoms with van der Waals surface area (Å²) in [5.74, 6) is -0.616. The van der Waals surface area contributed by atoms with Crippen LogP contribution < -0.4 is 15.8 Å². The fourth-order valence-electron chi connectivity index (χ4n) is 3.69. The molecule has 0 saturated heterocycles. The smallest absolute Gasteiger partial charge is 0.341 e. The minimum atomic E-state index is -0.673. The summed E-state index contributed by atoms with van der Waals surface area (Å²) < 4.78 is 13.4. The fraction of sp³-hybridized carbons (Fsp3) is 0.240. The van der Waals surface area contributed by atoms with Gasteiger partial charge in [0.05, 0.1) is 19.1 Å². The summed E-state index contributed by atoms with van der Waals surface area (Å²) in [6.45, 7) is 4.14. The van der Waals surface area contributed by atoms with Crippen LogP contribution in [-0.2, 0) is 11.3 Å². The third-order valence-electron chi connectivity index (χ3n) is 5.28. The molecule has 1 aromatic carbocycles. The number of aryl methyl sites for hydroxylation is 1. The zero-order valence-corrected chi connectivity index (χ0v) is 19.1. The van der Waals surface area contributed by atoms with E-state index >= 15 is 0 Å². The lowest BCUT2D eigenvalue weighted by Gasteiger charge is -2.14. The molecule has 9 heteroatoms. The van der Waals surface area contributed by atoms with E-state index in [4.69, 9.17) is 9.47 Å². The zero-order chi connectivity index (χ0) is 24.2. The molecule has 0 N–H and O–H groups in total. The van der Waals surface area contributed by atoms with Crippen LogP contribution in [0, 0.1) is 0 Å². The van der Waals surface area contributed by atoms with Crippen molar-refractivity contribution in [3.05, 3.63) is 81.7 Å². The van der Waals surface area contributed by atoms with Gasteiger partial charge in [0.15, 0.2) is 5.49 Å². The van der Waals surface area contributed by atoms with E-state index in [9.17, 15) is 14.4 Å². The van der Waals surface area contributed by atoms with Crippen molar-refractivity contribution in [2.75, 3.05) is 13.7 Å². The van der Waals surface area contributed by atoms with Gasteiger partial charge in [-0.05, 0) is 55.8 Å². The number of fused-ring (bicyclic) bond motifs is 2. The molecule has 0 aliphatic carbocycles. The number of benzene rings is 1. The summed E-state index contributed by atoms with van der Waals surface area (Å²) in [6, 6.07) is 13.1. The van der Waals surface area contributed by atoms with E-state index in [1.54, 1.807) is 60.2 Å². The van der Waals surface area contributed by atoms with Gasteiger partial charge >= 0.3 is 5.97 Å². The van der Waals surface area contributed by atoms with Crippen LogP contribution in [-0.4, -0.2) is 39.5 Å². The van der Waals surface area contributed by atoms with Crippen molar-refractivity contribution in [2.45, 2.75) is 26.8 Å². The topological polar surface area (TPSA) is 104 Å². The van der Waals surface area contributed by atoms with Crippen molar-refractivity contribution >= 4 is 28.6 Å². The third kappa shape index (κ3) is 4.19. The summed E-state index contributed by atoms with van der Waals surface area (Å²) in [7, 11) is 1.54. The Bertz CT molecular complexity index is 1520. The summed E-state index contributed by atoms with van der Waals surface area (Å²) in [6.07, 6.45) is 2.27. The highest BCUT2D eigenvalue weighted by Crippen LogP contribution is 2.14. The van der Waals surface area contributed by atoms with Gasteiger partial charge in [-0.15, -0.1) is 0 Å². The van der Waals surface area contributed by atoms with Gasteiger partial charge in [-0.1, -0.05) is 13.0 Å². The molecule has 0 fully saturated rings. The summed E-state index contributed by atoms with van der Waals surface area (Å²) in [4.78, 5) is 48.1. The number of pyridine rings is 2. The van der Waals surface area contributed by atoms with Crippen molar-refractivity contribution in [3.8, 4) is 5.75 Å². The molecule has 0 radical (unpaired) electrons. The van der Waals surface area contributed by atoms with Gasteiger partial charge in [0.1, 0.15) is 22.6 Å². The Morgan fingerprint density at radius 2 is 1.85 bits per heavy atom. The molecule has 0 aliphatic heterocycles. The number of hydrogen-bond acceptors (Lipinski definition) is 6. The summed E-state index contributed by atoms with van der Waals surface area (Å²) >= 11 is 0. The lowest BCUT2D eigenvalue weighted by molar-refractivity contribution is 0.0523. The van der Waals surface area contributed by atoms with Crippen LogP contribution in [0.15, 0.2) is 64.5 Å². The standard InChI is InChI=1S/C25H24N4O5/c1-4-13-29-21-18(24(31)28-14-7-6-8-20(28)26-21)15-19(25(32)34-5-2)22(29)27-23(30)16-9-11-17(33-3)12-10-16/h6-12,14-15H,4-5,13H2,1-3H3. The monoisotopic (exact) mass is 460 g/mol. The summed E-state index contributed by atoms with van der Waals surface area (Å²) in [5.41, 5.74) is 0.906. The fourth-order valence-corrected chi connectivity index (χ4v) is 3.69. The van der Waals surface area contributed by atoms with Crippen molar-refractivity contribution in [2.24, 2.45) is 4.99 Å². The van der Waals surface area contributed by atoms with E-state index in [-0.39, 0.29) is 28.6 Å². The molecule has 4 aromatic rings. The van der Waals surface area contributed by atoms with Crippen LogP contribution in [0.2, 0.25) is 0 Å². The van der Waals surface area contributed by atoms with Gasteiger partial charge < -0.3 is 14.0 Å². The normalized spacial score (nSPS) is 11.7. The van der Waals surface area contributed by atoms with Crippen LogP contribution in [0.3, 0.4) is 0 Å². The van der Waals surface area contributed by atoms with Crippen molar-refractivity contribution < 1.29 is 19.1 Å². The van der Waals surface area contributed by atoms with Gasteiger partial charge in [0, 0.05) is 18.3 Å². The second kappa shape index (κ2) is 9.70. The van der Waals surface area contributed by atoms with Crippen LogP contribution >= 0.6 is 0 Å². The van der Waals surface area contributed by atoms with Crippen molar-refractivity contribution in [1.82, 2.24) is 14.0 Å². The minimum Gasteiger partial charge on any atom is -0.497 e. The average molecular weight is 460 g/mol. The Morgan fingerprint density at radius 3 is 2.53 bits per heavy atom. The number of aromatic nitrogens is 3. The summed E-state index contributed by atoms with van der Waals surface area (Å²) in [5, 5.41) is 0.232. The first-order valence-corrected chi connectivity index (χ1v) is 10.9. The first-order valence-electron chi connectivity index (χ1n) is 10.9. The highest BCUT2D eigenvalue weighted by Gasteiger charge is 2.20. The van der Waals surface area contributed by atoms with E-state index in [1.807, 2.05) is 6.92 Å². The first kappa shape index (κ1) is 22.9. The third-order valence-corrected chi connectivity index (χ3v) is 5.28. The number of carbonyl (C=O) groups is 2. The Balaban J connectivity index is 2.07. The van der Waals surface area contributed by atoms with Gasteiger partial charge in [-0.2, -0.15) is 4.99 Å². The first-order chi connectivity index (χ1) is 16.5. The molecular weight excluding hydrogens is 436 g/mol. The number of ether oxygens (including phenoxy) is 2. The van der Waals surface area contributed by atoms with Gasteiger partial charge in [0.25, 0.3) is 11.5 Å². The molecule has 3 aromatic heterocycles. The highest BCUT2D eigenvalue weighted by atomic mass is 16.5. The number of carbonyl (C=O) groups excluding carboxylic acids is 2. The lowest BCUT2D eigenvalue weighted by Crippen LogP contribution is -2.32. The molecule has 0 atom stereocenters. The van der Waals surface area contributed by atoms with Crippen molar-refractivity contribution in [1.29, 1.82) is 0 Å². The largest absolute Gasteiger partial charge is 0.497 e. The molecule has 4 rings (SSSR count). The molecule has 1 amide bonds. The molecular formula is C25H24N4O5. The molecule has 174 valence electrons. The maximum atomic E-state index is 13.2. The van der Waals surface area contributed by atoms with Gasteiger partial charge in [-0.3, -0.25) is 14.0 Å². The van der Waals surface area contributed by atoms with E-state index in [2.05, 4.69) is 9.98 Å². The van der Waals surface area contributed by atoms with E-state index < -0.39 is 11.9 Å². The van der Waals surface area contributed by atoms with E-state index in [1.165, 1.54) is 17.6 Å². The Labute approximate surface area is 194 Å². The zero-order valence-electron chi connectivity index (χ0n) is 19.1. The molecule has 0 aliphatic rings. The molecule has 0 spiro atoms. The van der Waals surface area contributed by atoms with Crippen molar-refractivity contribution in [3.63, 3.8) is 0 Å². The SMILES string of the molecule is CCCn1c(=NC(=O)c2ccc(OC)cc2)c(C(=O)OCC)cc2c(=O)n3ccccc3nc21. The number of methoxy groups -OCH3 is 1. The van der Waals surface area contributed by atoms with Crippen LogP contribution in [0.1, 0.15) is 41.0 Å². The Kier molecular flexibility index (Phi) is 6.53. The van der Waals surface area contributed by atoms with E-state index in [0.717, 1.165) is 0 Å². The molecule has 9 nitrogen and oxygen atoms in total. The van der Waals surface area contributed by atoms with Crippen LogP contribution in [0.4, 0.5) is 0 Å². The maximum Gasteiger partial charge on any atom is 0.341 e. The molecule has 0 unspecified atom stereocenters. The Hall–Kier alpha value is -4.27. The van der Waals surface area contributed by atoms with Crippen LogP contribution in [0.25, 0.3) is 16.7 Å². The molecule has 0 bridgehead atoms. The number of esters is 1. The maximum absolute atomic E-state index is 13.2. The second-order valence-electron chi connectivity index (χ2n) is 7.48. The number of rotatable bonds is 6. The van der Waals surface area contributed by atoms with Gasteiger partial charge in [0.2, 0.25) is 0 Å². The predicted molar refractivity (Wildman–Crippen MR) is 126 cm³/mol. The highest BCUT2D eigenvalue weighted by molar-refractivity contribution is 5.97. The number of nitrogens with zero attached hydrogens (tertiary/aromatic N) is 4. The second-order valence-corrected chi connectivity index (χ2v) is 7.48. The predicted octanol–water partition coefficient (Wildman–Crippen LogP) is 2.99. The minimum absolute atomic E-state index is 0.0273. The molecule has 34 heavy (non-hydrogen) atoms.